The maximum absolute atomic E-state index is 9.29. The summed E-state index contributed by atoms with van der Waals surface area (Å²) in [5.74, 6) is 1.27. The highest BCUT2D eigenvalue weighted by Gasteiger charge is 2.21. The van der Waals surface area contributed by atoms with Crippen LogP contribution in [0.3, 0.4) is 0 Å². The Labute approximate surface area is 99.1 Å². The van der Waals surface area contributed by atoms with Gasteiger partial charge in [0.05, 0.1) is 11.4 Å². The van der Waals surface area contributed by atoms with E-state index in [9.17, 15) is 5.11 Å². The molecule has 0 radical (unpaired) electrons. The van der Waals surface area contributed by atoms with Gasteiger partial charge in [-0.2, -0.15) is 5.10 Å². The Bertz CT molecular complexity index is 544. The molecule has 0 unspecified atom stereocenters. The van der Waals surface area contributed by atoms with Crippen LogP contribution < -0.4 is 10.6 Å². The Kier molecular flexibility index (Phi) is 2.26. The Morgan fingerprint density at radius 1 is 1.29 bits per heavy atom. The molecule has 1 aromatic heterocycles. The van der Waals surface area contributed by atoms with Crippen LogP contribution >= 0.6 is 0 Å². The molecule has 1 aromatic carbocycles. The summed E-state index contributed by atoms with van der Waals surface area (Å²) < 4.78 is 1.88. The highest BCUT2D eigenvalue weighted by Crippen LogP contribution is 2.27. The van der Waals surface area contributed by atoms with Gasteiger partial charge in [0.2, 0.25) is 0 Å². The van der Waals surface area contributed by atoms with E-state index in [4.69, 9.17) is 0 Å². The van der Waals surface area contributed by atoms with Crippen LogP contribution in [0.15, 0.2) is 24.3 Å². The van der Waals surface area contributed by atoms with Crippen molar-refractivity contribution in [3.05, 3.63) is 35.5 Å². The lowest BCUT2D eigenvalue weighted by molar-refractivity contribution is 0.475. The first kappa shape index (κ1) is 10.2. The Morgan fingerprint density at radius 2 is 2.06 bits per heavy atom. The zero-order chi connectivity index (χ0) is 11.8. The normalized spacial score (nSPS) is 13.7. The molecule has 0 saturated heterocycles. The number of nitrogens with zero attached hydrogens (tertiary/aromatic N) is 2. The highest BCUT2D eigenvalue weighted by atomic mass is 16.3. The summed E-state index contributed by atoms with van der Waals surface area (Å²) in [5.41, 5.74) is 3.25. The predicted octanol–water partition coefficient (Wildman–Crippen LogP) is 1.22. The maximum atomic E-state index is 9.29. The van der Waals surface area contributed by atoms with Crippen molar-refractivity contribution in [3.63, 3.8) is 0 Å². The number of aromatic nitrogens is 2. The van der Waals surface area contributed by atoms with Gasteiger partial charge in [-0.15, -0.1) is 0 Å². The molecule has 2 heterocycles. The monoisotopic (exact) mass is 230 g/mol. The molecule has 0 saturated carbocycles. The maximum Gasteiger partial charge on any atom is 0.134 e. The molecule has 0 atom stereocenters. The molecule has 3 rings (SSSR count). The molecule has 3 N–H and O–H groups in total. The number of nitrogens with one attached hydrogen (secondary N) is 2. The molecule has 0 amide bonds. The van der Waals surface area contributed by atoms with E-state index in [1.807, 2.05) is 23.9 Å². The van der Waals surface area contributed by atoms with Gasteiger partial charge in [-0.05, 0) is 24.3 Å². The molecular weight excluding hydrogens is 216 g/mol. The third-order valence-electron chi connectivity index (χ3n) is 2.99. The lowest BCUT2D eigenvalue weighted by Crippen LogP contribution is -2.09. The second kappa shape index (κ2) is 3.78. The topological polar surface area (TPSA) is 62.1 Å². The number of phenolic OH excluding ortho intramolecular Hbond substituents is 1. The average molecular weight is 230 g/mol. The minimum Gasteiger partial charge on any atom is -0.508 e. The van der Waals surface area contributed by atoms with Gasteiger partial charge in [0.15, 0.2) is 0 Å². The van der Waals surface area contributed by atoms with Crippen molar-refractivity contribution in [3.8, 4) is 11.4 Å². The summed E-state index contributed by atoms with van der Waals surface area (Å²) in [6.45, 7) is 1.67. The Balaban J connectivity index is 2.11. The SMILES string of the molecule is CNc1c2c(nn1-c1ccc(O)cc1)CNC2. The second-order valence-corrected chi connectivity index (χ2v) is 4.06. The number of benzene rings is 1. The molecule has 5 nitrogen and oxygen atoms in total. The van der Waals surface area contributed by atoms with Crippen LogP contribution in [0.2, 0.25) is 0 Å². The number of hydrogen-bond acceptors (Lipinski definition) is 4. The summed E-state index contributed by atoms with van der Waals surface area (Å²) in [5, 5.41) is 20.3. The highest BCUT2D eigenvalue weighted by molar-refractivity contribution is 5.54. The van der Waals surface area contributed by atoms with Crippen molar-refractivity contribution >= 4 is 5.82 Å². The first-order chi connectivity index (χ1) is 8.29. The fraction of sp³-hybridized carbons (Fsp3) is 0.250. The van der Waals surface area contributed by atoms with Gasteiger partial charge in [0.1, 0.15) is 11.6 Å². The Hall–Kier alpha value is -2.01. The van der Waals surface area contributed by atoms with Gasteiger partial charge >= 0.3 is 0 Å². The van der Waals surface area contributed by atoms with E-state index < -0.39 is 0 Å². The van der Waals surface area contributed by atoms with Crippen molar-refractivity contribution < 1.29 is 5.11 Å². The van der Waals surface area contributed by atoms with Crippen LogP contribution in [0.25, 0.3) is 5.69 Å². The summed E-state index contributed by atoms with van der Waals surface area (Å²) in [7, 11) is 1.90. The fourth-order valence-corrected chi connectivity index (χ4v) is 2.17. The standard InChI is InChI=1S/C12H14N4O/c1-13-12-10-6-14-7-11(10)15-16(12)8-2-4-9(17)5-3-8/h2-5,13-14,17H,6-7H2,1H3. The molecule has 2 aromatic rings. The predicted molar refractivity (Wildman–Crippen MR) is 65.3 cm³/mol. The first-order valence-electron chi connectivity index (χ1n) is 5.58. The molecular formula is C12H14N4O. The molecule has 0 bridgehead atoms. The molecule has 0 fully saturated rings. The summed E-state index contributed by atoms with van der Waals surface area (Å²) >= 11 is 0. The fourth-order valence-electron chi connectivity index (χ4n) is 2.17. The number of hydrogen-bond donors (Lipinski definition) is 3. The van der Waals surface area contributed by atoms with Gasteiger partial charge in [-0.1, -0.05) is 0 Å². The summed E-state index contributed by atoms with van der Waals surface area (Å²) in [6, 6.07) is 7.04. The van der Waals surface area contributed by atoms with Crippen LogP contribution in [-0.2, 0) is 13.1 Å². The molecule has 17 heavy (non-hydrogen) atoms. The Morgan fingerprint density at radius 3 is 2.76 bits per heavy atom. The number of anilines is 1. The minimum absolute atomic E-state index is 0.265. The largest absolute Gasteiger partial charge is 0.508 e. The summed E-state index contributed by atoms with van der Waals surface area (Å²) in [6.07, 6.45) is 0. The average Bonchev–Trinajstić information content (AvgIpc) is 2.89. The van der Waals surface area contributed by atoms with Gasteiger partial charge in [0, 0.05) is 25.7 Å². The van der Waals surface area contributed by atoms with E-state index in [0.717, 1.165) is 30.3 Å². The molecule has 1 aliphatic rings. The molecule has 0 spiro atoms. The van der Waals surface area contributed by atoms with Gasteiger partial charge < -0.3 is 15.7 Å². The molecule has 0 aliphatic carbocycles. The molecule has 88 valence electrons. The number of phenols is 1. The van der Waals surface area contributed by atoms with Gasteiger partial charge in [-0.25, -0.2) is 4.68 Å². The van der Waals surface area contributed by atoms with E-state index in [-0.39, 0.29) is 5.75 Å². The number of fused-ring (bicyclic) bond motifs is 1. The number of rotatable bonds is 2. The van der Waals surface area contributed by atoms with E-state index in [1.165, 1.54) is 5.56 Å². The zero-order valence-electron chi connectivity index (χ0n) is 9.57. The van der Waals surface area contributed by atoms with Gasteiger partial charge in [0.25, 0.3) is 0 Å². The van der Waals surface area contributed by atoms with Crippen molar-refractivity contribution in [2.75, 3.05) is 12.4 Å². The molecule has 5 heteroatoms. The van der Waals surface area contributed by atoms with Crippen LogP contribution in [0.4, 0.5) is 5.82 Å². The second-order valence-electron chi connectivity index (χ2n) is 4.06. The van der Waals surface area contributed by atoms with E-state index in [1.54, 1.807) is 12.1 Å². The van der Waals surface area contributed by atoms with Gasteiger partial charge in [-0.3, -0.25) is 0 Å². The van der Waals surface area contributed by atoms with Crippen LogP contribution in [-0.4, -0.2) is 21.9 Å². The first-order valence-corrected chi connectivity index (χ1v) is 5.58. The van der Waals surface area contributed by atoms with Crippen LogP contribution in [0.5, 0.6) is 5.75 Å². The lowest BCUT2D eigenvalue weighted by Gasteiger charge is -2.08. The van der Waals surface area contributed by atoms with E-state index >= 15 is 0 Å². The lowest BCUT2D eigenvalue weighted by atomic mass is 10.2. The van der Waals surface area contributed by atoms with Crippen molar-refractivity contribution in [1.82, 2.24) is 15.1 Å². The van der Waals surface area contributed by atoms with Crippen molar-refractivity contribution in [2.24, 2.45) is 0 Å². The molecule has 1 aliphatic heterocycles. The van der Waals surface area contributed by atoms with Crippen molar-refractivity contribution in [2.45, 2.75) is 13.1 Å². The minimum atomic E-state index is 0.265. The smallest absolute Gasteiger partial charge is 0.134 e. The quantitative estimate of drug-likeness (QED) is 0.726. The zero-order valence-corrected chi connectivity index (χ0v) is 9.57. The van der Waals surface area contributed by atoms with E-state index in [0.29, 0.717) is 0 Å². The van der Waals surface area contributed by atoms with E-state index in [2.05, 4.69) is 15.7 Å². The summed E-state index contributed by atoms with van der Waals surface area (Å²) in [4.78, 5) is 0. The number of aromatic hydroxyl groups is 1. The third-order valence-corrected chi connectivity index (χ3v) is 2.99. The van der Waals surface area contributed by atoms with Crippen LogP contribution in [0, 0.1) is 0 Å². The van der Waals surface area contributed by atoms with Crippen LogP contribution in [0.1, 0.15) is 11.3 Å². The third kappa shape index (κ3) is 1.55. The van der Waals surface area contributed by atoms with Crippen molar-refractivity contribution in [1.29, 1.82) is 0 Å².